The highest BCUT2D eigenvalue weighted by atomic mass is 16.5. The summed E-state index contributed by atoms with van der Waals surface area (Å²) in [6.45, 7) is -9.52. The summed E-state index contributed by atoms with van der Waals surface area (Å²) in [4.78, 5) is 13.3. The molecule has 0 saturated heterocycles. The van der Waals surface area contributed by atoms with Gasteiger partial charge in [-0.1, -0.05) is 42.5 Å². The Morgan fingerprint density at radius 2 is 1.76 bits per heavy atom. The molecule has 3 fully saturated rings. The van der Waals surface area contributed by atoms with E-state index in [-0.39, 0.29) is 11.3 Å². The van der Waals surface area contributed by atoms with Crippen molar-refractivity contribution in [2.75, 3.05) is 13.2 Å². The van der Waals surface area contributed by atoms with E-state index >= 15 is 0 Å². The van der Waals surface area contributed by atoms with Crippen molar-refractivity contribution in [2.24, 2.45) is 11.3 Å². The molecule has 3 aliphatic carbocycles. The van der Waals surface area contributed by atoms with Crippen LogP contribution in [0.15, 0.2) is 54.6 Å². The number of aliphatic hydroxyl groups is 2. The zero-order valence-corrected chi connectivity index (χ0v) is 18.6. The summed E-state index contributed by atoms with van der Waals surface area (Å²) < 4.78 is 71.0. The Bertz CT molecular complexity index is 1160. The lowest BCUT2D eigenvalue weighted by molar-refractivity contribution is -0.126. The lowest BCUT2D eigenvalue weighted by atomic mass is 9.61. The molecule has 3 aliphatic rings. The van der Waals surface area contributed by atoms with Gasteiger partial charge < -0.3 is 20.3 Å². The van der Waals surface area contributed by atoms with Crippen LogP contribution < -0.4 is 10.1 Å². The van der Waals surface area contributed by atoms with Gasteiger partial charge in [-0.2, -0.15) is 0 Å². The van der Waals surface area contributed by atoms with Crippen LogP contribution in [0.3, 0.4) is 0 Å². The van der Waals surface area contributed by atoms with Gasteiger partial charge in [-0.05, 0) is 81.4 Å². The molecule has 2 aromatic rings. The number of carbonyl (C=O) groups is 1. The lowest BCUT2D eigenvalue weighted by Gasteiger charge is -2.46. The monoisotopic (exact) mass is 459 g/mol. The minimum atomic E-state index is -3.46. The molecule has 3 saturated carbocycles. The van der Waals surface area contributed by atoms with Crippen LogP contribution in [-0.4, -0.2) is 34.9 Å². The van der Waals surface area contributed by atoms with Crippen LogP contribution in [-0.2, 0) is 4.79 Å². The average Bonchev–Trinajstić information content (AvgIpc) is 2.92. The minimum Gasteiger partial charge on any atom is -0.493 e. The molecule has 33 heavy (non-hydrogen) atoms. The first-order valence-electron chi connectivity index (χ1n) is 15.5. The van der Waals surface area contributed by atoms with Gasteiger partial charge in [0, 0.05) is 13.6 Å². The Labute approximate surface area is 208 Å². The maximum absolute atomic E-state index is 13.3. The van der Waals surface area contributed by atoms with Gasteiger partial charge in [0.05, 0.1) is 33.5 Å². The van der Waals surface area contributed by atoms with Crippen molar-refractivity contribution in [1.82, 2.24) is 5.32 Å². The molecular formula is C28H37NO4. The van der Waals surface area contributed by atoms with E-state index in [0.717, 1.165) is 38.5 Å². The first kappa shape index (κ1) is 15.5. The highest BCUT2D eigenvalue weighted by Crippen LogP contribution is 2.50. The van der Waals surface area contributed by atoms with Crippen LogP contribution in [0, 0.1) is 11.3 Å². The van der Waals surface area contributed by atoms with Crippen molar-refractivity contribution in [2.45, 2.75) is 69.8 Å². The molecule has 0 spiro atoms. The number of aliphatic hydroxyl groups excluding tert-OH is 1. The zero-order chi connectivity index (χ0) is 30.3. The molecule has 1 amide bonds. The first-order valence-corrected chi connectivity index (χ1v) is 11.5. The topological polar surface area (TPSA) is 78.8 Å². The molecule has 2 bridgehead atoms. The third-order valence-electron chi connectivity index (χ3n) is 7.10. The number of amides is 1. The molecular weight excluding hydrogens is 414 g/mol. The van der Waals surface area contributed by atoms with Crippen LogP contribution >= 0.6 is 0 Å². The molecule has 0 radical (unpaired) electrons. The van der Waals surface area contributed by atoms with Gasteiger partial charge in [-0.3, -0.25) is 4.79 Å². The Balaban J connectivity index is 1.67. The van der Waals surface area contributed by atoms with Crippen molar-refractivity contribution >= 4 is 5.91 Å². The maximum atomic E-state index is 13.3. The Morgan fingerprint density at radius 1 is 1.12 bits per heavy atom. The van der Waals surface area contributed by atoms with Gasteiger partial charge >= 0.3 is 0 Å². The molecule has 2 aromatic carbocycles. The molecule has 5 nitrogen and oxygen atoms in total. The number of hydrogen-bond acceptors (Lipinski definition) is 4. The maximum Gasteiger partial charge on any atom is 0.230 e. The van der Waals surface area contributed by atoms with Crippen molar-refractivity contribution in [3.63, 3.8) is 0 Å². The first-order chi connectivity index (χ1) is 19.0. The second kappa shape index (κ2) is 9.86. The molecule has 3 N–H and O–H groups in total. The number of hydrogen-bond donors (Lipinski definition) is 3. The normalized spacial score (nSPS) is 29.0. The van der Waals surface area contributed by atoms with Gasteiger partial charge in [0.25, 0.3) is 0 Å². The molecule has 0 aromatic heterocycles. The highest BCUT2D eigenvalue weighted by molar-refractivity contribution is 5.84. The summed E-state index contributed by atoms with van der Waals surface area (Å²) in [6.07, 6.45) is 5.08. The quantitative estimate of drug-likeness (QED) is 0.506. The molecule has 2 atom stereocenters. The average molecular weight is 460 g/mol. The Morgan fingerprint density at radius 3 is 2.33 bits per heavy atom. The summed E-state index contributed by atoms with van der Waals surface area (Å²) in [6, 6.07) is 11.6. The number of fused-ring (bicyclic) bond motifs is 3. The fourth-order valence-electron chi connectivity index (χ4n) is 4.99. The fourth-order valence-corrected chi connectivity index (χ4v) is 4.99. The highest BCUT2D eigenvalue weighted by Gasteiger charge is 2.41. The summed E-state index contributed by atoms with van der Waals surface area (Å²) in [5.41, 5.74) is -3.62. The van der Waals surface area contributed by atoms with Gasteiger partial charge in [-0.15, -0.1) is 0 Å². The third kappa shape index (κ3) is 5.59. The van der Waals surface area contributed by atoms with E-state index in [1.165, 1.54) is 24.3 Å². The van der Waals surface area contributed by atoms with E-state index in [9.17, 15) is 15.0 Å². The standard InChI is InChI=1S/C28H37NO4/c1-27(2,32)25(29-26(31)24(18-30)21-6-4-3-5-7-21)22-8-10-23(11-9-22)33-19-28-15-12-20(13-16-28)14-17-28/h3-11,20,24-25,30,32H,12-19H2,1-2H3,(H,29,31)/t20?,24-,25+,28?/m0/s1/i1D3,2D3,19D2. The van der Waals surface area contributed by atoms with E-state index in [2.05, 4.69) is 5.32 Å². The van der Waals surface area contributed by atoms with Crippen LogP contribution in [0.1, 0.15) is 86.3 Å². The third-order valence-corrected chi connectivity index (χ3v) is 7.10. The fraction of sp³-hybridized carbons (Fsp3) is 0.536. The van der Waals surface area contributed by atoms with Crippen LogP contribution in [0.5, 0.6) is 5.75 Å². The smallest absolute Gasteiger partial charge is 0.230 e. The van der Waals surface area contributed by atoms with Gasteiger partial charge in [-0.25, -0.2) is 0 Å². The van der Waals surface area contributed by atoms with E-state index < -0.39 is 55.8 Å². The van der Waals surface area contributed by atoms with Crippen molar-refractivity contribution < 1.29 is 30.7 Å². The second-order valence-electron chi connectivity index (χ2n) is 9.39. The summed E-state index contributed by atoms with van der Waals surface area (Å²) in [7, 11) is 0. The van der Waals surface area contributed by atoms with Crippen LogP contribution in [0.25, 0.3) is 0 Å². The largest absolute Gasteiger partial charge is 0.493 e. The predicted molar refractivity (Wildman–Crippen MR) is 129 cm³/mol. The molecule has 5 heteroatoms. The number of rotatable bonds is 9. The summed E-state index contributed by atoms with van der Waals surface area (Å²) in [5, 5.41) is 23.7. The Kier molecular flexibility index (Phi) is 4.64. The van der Waals surface area contributed by atoms with Gasteiger partial charge in [0.1, 0.15) is 5.75 Å². The van der Waals surface area contributed by atoms with Crippen LogP contribution in [0.2, 0.25) is 0 Å². The van der Waals surface area contributed by atoms with Crippen molar-refractivity contribution in [3.05, 3.63) is 65.7 Å². The second-order valence-corrected chi connectivity index (χ2v) is 9.39. The number of benzene rings is 2. The van der Waals surface area contributed by atoms with Crippen LogP contribution in [0.4, 0.5) is 0 Å². The predicted octanol–water partition coefficient (Wildman–Crippen LogP) is 4.74. The van der Waals surface area contributed by atoms with Crippen molar-refractivity contribution in [1.29, 1.82) is 0 Å². The molecule has 0 unspecified atom stereocenters. The SMILES string of the molecule is [2H]C([2H])([2H])C(O)([C@H](NC(=O)[C@@H](CO)c1ccccc1)c1ccc(OC([2H])([2H])C23CCC(CC2)CC3)cc1)C([2H])([2H])[2H]. The minimum absolute atomic E-state index is 0.0397. The number of carbonyl (C=O) groups excluding carboxylic acids is 1. The zero-order valence-electron chi connectivity index (χ0n) is 26.6. The summed E-state index contributed by atoms with van der Waals surface area (Å²) >= 11 is 0. The molecule has 0 aliphatic heterocycles. The van der Waals surface area contributed by atoms with E-state index in [4.69, 9.17) is 15.7 Å². The Hall–Kier alpha value is -2.37. The molecule has 5 rings (SSSR count). The number of ether oxygens (including phenoxy) is 1. The number of nitrogens with one attached hydrogen (secondary N) is 1. The lowest BCUT2D eigenvalue weighted by Crippen LogP contribution is -2.44. The van der Waals surface area contributed by atoms with E-state index in [0.29, 0.717) is 11.5 Å². The van der Waals surface area contributed by atoms with E-state index in [1.54, 1.807) is 30.3 Å². The van der Waals surface area contributed by atoms with E-state index in [1.807, 2.05) is 0 Å². The van der Waals surface area contributed by atoms with Gasteiger partial charge in [0.15, 0.2) is 0 Å². The molecule has 0 heterocycles. The summed E-state index contributed by atoms with van der Waals surface area (Å²) in [5.74, 6) is -1.24. The van der Waals surface area contributed by atoms with Gasteiger partial charge in [0.2, 0.25) is 5.91 Å². The molecule has 178 valence electrons. The van der Waals surface area contributed by atoms with Crippen molar-refractivity contribution in [3.8, 4) is 5.75 Å².